The molecule has 3 nitrogen and oxygen atoms in total. The third kappa shape index (κ3) is 3.47. The number of benzene rings is 1. The van der Waals surface area contributed by atoms with E-state index in [1.807, 2.05) is 19.1 Å². The number of nitrogen functional groups attached to an aromatic ring is 1. The fraction of sp³-hybridized carbons (Fsp3) is 0.462. The van der Waals surface area contributed by atoms with Crippen molar-refractivity contribution in [2.45, 2.75) is 39.2 Å². The molecule has 3 heteroatoms. The molecule has 0 heterocycles. The van der Waals surface area contributed by atoms with Crippen molar-refractivity contribution in [3.63, 3.8) is 0 Å². The highest BCUT2D eigenvalue weighted by atomic mass is 16.5. The summed E-state index contributed by atoms with van der Waals surface area (Å²) >= 11 is 0. The van der Waals surface area contributed by atoms with Crippen LogP contribution in [0.1, 0.15) is 32.3 Å². The maximum Gasteiger partial charge on any atom is 0.120 e. The van der Waals surface area contributed by atoms with E-state index < -0.39 is 0 Å². The van der Waals surface area contributed by atoms with Gasteiger partial charge in [-0.1, -0.05) is 13.3 Å². The van der Waals surface area contributed by atoms with Crippen LogP contribution in [-0.4, -0.2) is 6.10 Å². The second-order valence-corrected chi connectivity index (χ2v) is 3.91. The van der Waals surface area contributed by atoms with Crippen LogP contribution in [0.5, 0.6) is 5.75 Å². The van der Waals surface area contributed by atoms with Crippen LogP contribution in [0.2, 0.25) is 0 Å². The molecule has 1 unspecified atom stereocenters. The highest BCUT2D eigenvalue weighted by Gasteiger charge is 2.05. The molecule has 86 valence electrons. The van der Waals surface area contributed by atoms with E-state index in [9.17, 15) is 0 Å². The molecule has 1 rings (SSSR count). The van der Waals surface area contributed by atoms with E-state index >= 15 is 0 Å². The van der Waals surface area contributed by atoms with Crippen molar-refractivity contribution in [3.8, 4) is 11.8 Å². The van der Waals surface area contributed by atoms with Crippen molar-refractivity contribution in [1.29, 1.82) is 5.26 Å². The van der Waals surface area contributed by atoms with E-state index in [0.717, 1.165) is 24.2 Å². The van der Waals surface area contributed by atoms with E-state index in [1.54, 1.807) is 6.07 Å². The monoisotopic (exact) mass is 218 g/mol. The summed E-state index contributed by atoms with van der Waals surface area (Å²) in [4.78, 5) is 0. The van der Waals surface area contributed by atoms with Gasteiger partial charge in [0.25, 0.3) is 0 Å². The number of nitrogens with two attached hydrogens (primary N) is 1. The molecule has 0 saturated carbocycles. The Morgan fingerprint density at radius 2 is 2.25 bits per heavy atom. The zero-order chi connectivity index (χ0) is 12.0. The minimum absolute atomic E-state index is 0.198. The summed E-state index contributed by atoms with van der Waals surface area (Å²) in [6, 6.07) is 7.59. The van der Waals surface area contributed by atoms with Crippen molar-refractivity contribution >= 4 is 5.69 Å². The summed E-state index contributed by atoms with van der Waals surface area (Å²) in [5.74, 6) is 0.792. The van der Waals surface area contributed by atoms with Crippen LogP contribution in [0, 0.1) is 11.3 Å². The molecule has 0 amide bonds. The Labute approximate surface area is 96.8 Å². The number of hydrogen-bond acceptors (Lipinski definition) is 3. The van der Waals surface area contributed by atoms with Crippen molar-refractivity contribution in [1.82, 2.24) is 0 Å². The number of nitrogens with zero attached hydrogens (tertiary/aromatic N) is 1. The fourth-order valence-electron chi connectivity index (χ4n) is 1.59. The van der Waals surface area contributed by atoms with Gasteiger partial charge in [-0.15, -0.1) is 0 Å². The van der Waals surface area contributed by atoms with Gasteiger partial charge >= 0.3 is 0 Å². The average Bonchev–Trinajstić information content (AvgIpc) is 2.24. The maximum atomic E-state index is 8.65. The third-order valence-electron chi connectivity index (χ3n) is 2.42. The van der Waals surface area contributed by atoms with E-state index in [4.69, 9.17) is 15.7 Å². The van der Waals surface area contributed by atoms with Crippen LogP contribution in [0.15, 0.2) is 18.2 Å². The quantitative estimate of drug-likeness (QED) is 0.773. The van der Waals surface area contributed by atoms with Gasteiger partial charge in [-0.3, -0.25) is 0 Å². The number of ether oxygens (including phenoxy) is 1. The van der Waals surface area contributed by atoms with Crippen molar-refractivity contribution in [3.05, 3.63) is 23.8 Å². The Hall–Kier alpha value is -1.69. The molecule has 0 spiro atoms. The lowest BCUT2D eigenvalue weighted by molar-refractivity contribution is 0.210. The molecule has 0 aliphatic carbocycles. The van der Waals surface area contributed by atoms with Crippen LogP contribution in [0.25, 0.3) is 0 Å². The lowest BCUT2D eigenvalue weighted by Gasteiger charge is -2.14. The van der Waals surface area contributed by atoms with Gasteiger partial charge in [0.15, 0.2) is 0 Å². The standard InChI is InChI=1S/C13H18N2O/c1-3-4-10(2)16-12-5-6-13(15)11(9-12)7-8-14/h5-6,9-10H,3-4,7,15H2,1-2H3. The number of rotatable bonds is 5. The molecule has 1 atom stereocenters. The predicted molar refractivity (Wildman–Crippen MR) is 65.2 cm³/mol. The van der Waals surface area contributed by atoms with Crippen LogP contribution >= 0.6 is 0 Å². The molecule has 2 N–H and O–H groups in total. The highest BCUT2D eigenvalue weighted by molar-refractivity contribution is 5.51. The van der Waals surface area contributed by atoms with E-state index in [1.165, 1.54) is 0 Å². The molecule has 0 bridgehead atoms. The van der Waals surface area contributed by atoms with Gasteiger partial charge in [-0.25, -0.2) is 0 Å². The van der Waals surface area contributed by atoms with Gasteiger partial charge in [0, 0.05) is 5.69 Å². The normalized spacial score (nSPS) is 11.8. The van der Waals surface area contributed by atoms with Gasteiger partial charge < -0.3 is 10.5 Å². The largest absolute Gasteiger partial charge is 0.491 e. The van der Waals surface area contributed by atoms with Crippen LogP contribution in [-0.2, 0) is 6.42 Å². The predicted octanol–water partition coefficient (Wildman–Crippen LogP) is 2.90. The van der Waals surface area contributed by atoms with Crippen LogP contribution in [0.3, 0.4) is 0 Å². The SMILES string of the molecule is CCCC(C)Oc1ccc(N)c(CC#N)c1. The molecule has 0 aliphatic heterocycles. The molecule has 0 fully saturated rings. The first-order valence-electron chi connectivity index (χ1n) is 5.59. The second-order valence-electron chi connectivity index (χ2n) is 3.91. The summed E-state index contributed by atoms with van der Waals surface area (Å²) < 4.78 is 5.73. The van der Waals surface area contributed by atoms with Gasteiger partial charge in [0.1, 0.15) is 5.75 Å². The average molecular weight is 218 g/mol. The molecule has 0 saturated heterocycles. The first-order valence-corrected chi connectivity index (χ1v) is 5.59. The smallest absolute Gasteiger partial charge is 0.120 e. The van der Waals surface area contributed by atoms with E-state index in [2.05, 4.69) is 13.0 Å². The van der Waals surface area contributed by atoms with Gasteiger partial charge in [-0.2, -0.15) is 5.26 Å². The molecule has 1 aromatic rings. The molecule has 0 aromatic heterocycles. The first-order chi connectivity index (χ1) is 7.67. The minimum Gasteiger partial charge on any atom is -0.491 e. The van der Waals surface area contributed by atoms with Crippen molar-refractivity contribution in [2.75, 3.05) is 5.73 Å². The van der Waals surface area contributed by atoms with Crippen molar-refractivity contribution in [2.24, 2.45) is 0 Å². The Bertz CT molecular complexity index is 382. The lowest BCUT2D eigenvalue weighted by atomic mass is 10.1. The van der Waals surface area contributed by atoms with Gasteiger partial charge in [-0.05, 0) is 37.1 Å². The molecular formula is C13H18N2O. The second kappa shape index (κ2) is 6.02. The fourth-order valence-corrected chi connectivity index (χ4v) is 1.59. The molecular weight excluding hydrogens is 200 g/mol. The first kappa shape index (κ1) is 12.4. The zero-order valence-electron chi connectivity index (χ0n) is 9.86. The van der Waals surface area contributed by atoms with Gasteiger partial charge in [0.2, 0.25) is 0 Å². The van der Waals surface area contributed by atoms with E-state index in [0.29, 0.717) is 12.1 Å². The molecule has 0 radical (unpaired) electrons. The third-order valence-corrected chi connectivity index (χ3v) is 2.42. The minimum atomic E-state index is 0.198. The number of anilines is 1. The summed E-state index contributed by atoms with van der Waals surface area (Å²) in [6.45, 7) is 4.17. The summed E-state index contributed by atoms with van der Waals surface area (Å²) in [6.07, 6.45) is 2.65. The molecule has 16 heavy (non-hydrogen) atoms. The Morgan fingerprint density at radius 1 is 1.50 bits per heavy atom. The van der Waals surface area contributed by atoms with Crippen LogP contribution in [0.4, 0.5) is 5.69 Å². The van der Waals surface area contributed by atoms with Crippen molar-refractivity contribution < 1.29 is 4.74 Å². The lowest BCUT2D eigenvalue weighted by Crippen LogP contribution is -2.11. The Balaban J connectivity index is 2.75. The zero-order valence-corrected chi connectivity index (χ0v) is 9.86. The highest BCUT2D eigenvalue weighted by Crippen LogP contribution is 2.21. The summed E-state index contributed by atoms with van der Waals surface area (Å²) in [5, 5.41) is 8.65. The summed E-state index contributed by atoms with van der Waals surface area (Å²) in [7, 11) is 0. The molecule has 0 aliphatic rings. The summed E-state index contributed by atoms with van der Waals surface area (Å²) in [5.41, 5.74) is 7.25. The molecule has 1 aromatic carbocycles. The van der Waals surface area contributed by atoms with E-state index in [-0.39, 0.29) is 6.10 Å². The Morgan fingerprint density at radius 3 is 2.88 bits per heavy atom. The number of hydrogen-bond donors (Lipinski definition) is 1. The Kier molecular flexibility index (Phi) is 4.65. The maximum absolute atomic E-state index is 8.65. The topological polar surface area (TPSA) is 59.0 Å². The van der Waals surface area contributed by atoms with Gasteiger partial charge in [0.05, 0.1) is 18.6 Å². The van der Waals surface area contributed by atoms with Crippen LogP contribution < -0.4 is 10.5 Å². The number of nitriles is 1.